The van der Waals surface area contributed by atoms with E-state index in [0.29, 0.717) is 11.9 Å². The Bertz CT molecular complexity index is 7120. The van der Waals surface area contributed by atoms with Crippen LogP contribution in [0.4, 0.5) is 0 Å². The summed E-state index contributed by atoms with van der Waals surface area (Å²) in [6.07, 6.45) is 0. The molecule has 8 aromatic heterocycles. The second-order valence-corrected chi connectivity index (χ2v) is 26.0. The summed E-state index contributed by atoms with van der Waals surface area (Å²) in [5.74, 6) is 1.24. The summed E-state index contributed by atoms with van der Waals surface area (Å²) < 4.78 is 21.7. The van der Waals surface area contributed by atoms with Crippen molar-refractivity contribution < 1.29 is 8.83 Å². The summed E-state index contributed by atoms with van der Waals surface area (Å²) in [7, 11) is 0. The monoisotopic (exact) mass is 1300 g/mol. The van der Waals surface area contributed by atoms with Crippen LogP contribution < -0.4 is 0 Å². The fraction of sp³-hybridized carbons (Fsp3) is 0. The van der Waals surface area contributed by atoms with Crippen molar-refractivity contribution >= 4 is 131 Å². The highest BCUT2D eigenvalue weighted by Crippen LogP contribution is 2.44. The van der Waals surface area contributed by atoms with Gasteiger partial charge in [0.05, 0.1) is 66.9 Å². The molecule has 0 aliphatic carbocycles. The fourth-order valence-electron chi connectivity index (χ4n) is 15.7. The van der Waals surface area contributed by atoms with Gasteiger partial charge in [0.25, 0.3) is 0 Å². The summed E-state index contributed by atoms with van der Waals surface area (Å²) in [5.41, 5.74) is 22.0. The average Bonchev–Trinajstić information content (AvgIpc) is 1.56. The van der Waals surface area contributed by atoms with E-state index in [0.717, 1.165) is 155 Å². The predicted octanol–water partition coefficient (Wildman–Crippen LogP) is 23.8. The number of hydrogen-bond acceptors (Lipinski definition) is 6. The lowest BCUT2D eigenvalue weighted by Gasteiger charge is -2.13. The van der Waals surface area contributed by atoms with Crippen molar-refractivity contribution in [2.75, 3.05) is 0 Å². The second-order valence-electron chi connectivity index (χ2n) is 26.0. The Morgan fingerprint density at radius 3 is 1.05 bits per heavy atom. The van der Waals surface area contributed by atoms with E-state index in [9.17, 15) is 0 Å². The number of fused-ring (bicyclic) bond motifs is 18. The van der Waals surface area contributed by atoms with Crippen LogP contribution >= 0.6 is 0 Å². The number of para-hydroxylation sites is 8. The third-order valence-corrected chi connectivity index (χ3v) is 20.3. The molecule has 0 radical (unpaired) electrons. The molecule has 476 valence electrons. The van der Waals surface area contributed by atoms with Crippen LogP contribution in [0.5, 0.6) is 0 Å². The third-order valence-electron chi connectivity index (χ3n) is 20.3. The van der Waals surface area contributed by atoms with Crippen LogP contribution in [0.25, 0.3) is 199 Å². The third kappa shape index (κ3) is 8.99. The van der Waals surface area contributed by atoms with E-state index in [2.05, 4.69) is 303 Å². The van der Waals surface area contributed by atoms with Gasteiger partial charge in [-0.25, -0.2) is 19.9 Å². The molecule has 0 unspecified atom stereocenters. The van der Waals surface area contributed by atoms with Crippen molar-refractivity contribution in [1.29, 1.82) is 0 Å². The quantitative estimate of drug-likeness (QED) is 0.150. The fourth-order valence-corrected chi connectivity index (χ4v) is 15.7. The first kappa shape index (κ1) is 57.1. The van der Waals surface area contributed by atoms with Gasteiger partial charge in [-0.05, 0) is 121 Å². The van der Waals surface area contributed by atoms with Gasteiger partial charge in [0.2, 0.25) is 11.9 Å². The zero-order valence-electron chi connectivity index (χ0n) is 54.7. The number of hydrogen-bond donors (Lipinski definition) is 0. The zero-order chi connectivity index (χ0) is 66.9. The molecule has 10 nitrogen and oxygen atoms in total. The Balaban J connectivity index is 0.000000133. The van der Waals surface area contributed by atoms with Gasteiger partial charge in [-0.2, -0.15) is 0 Å². The molecule has 0 fully saturated rings. The van der Waals surface area contributed by atoms with E-state index in [1.807, 2.05) is 54.6 Å². The van der Waals surface area contributed by atoms with Crippen molar-refractivity contribution in [2.45, 2.75) is 0 Å². The first-order valence-electron chi connectivity index (χ1n) is 34.3. The smallest absolute Gasteiger partial charge is 0.235 e. The van der Waals surface area contributed by atoms with Gasteiger partial charge in [-0.3, -0.25) is 9.13 Å². The van der Waals surface area contributed by atoms with Crippen LogP contribution in [0.15, 0.2) is 349 Å². The highest BCUT2D eigenvalue weighted by molar-refractivity contribution is 6.21. The van der Waals surface area contributed by atoms with E-state index in [1.54, 1.807) is 0 Å². The van der Waals surface area contributed by atoms with Gasteiger partial charge in [0, 0.05) is 98.3 Å². The molecule has 0 bridgehead atoms. The van der Waals surface area contributed by atoms with Gasteiger partial charge in [0.1, 0.15) is 22.3 Å². The highest BCUT2D eigenvalue weighted by atomic mass is 16.3. The number of aromatic nitrogens is 8. The SMILES string of the molecule is c1ccc(-c2cc(-c3ccc4oc5ccccc5c4c3)nc(-n3c4ccccc4c4cc5c6ccccc6n(-c6ccccc6)c5cc43)n2)cc1.c1ccc(-c2cc(-c3cccc4oc5ccccc5c34)nc(-n3c4ccccc4c4cc5c6ccccc6n(-c6ccccc6)c5cc43)n2)cc1. The van der Waals surface area contributed by atoms with Crippen LogP contribution in [0.3, 0.4) is 0 Å². The molecule has 10 heteroatoms. The first-order chi connectivity index (χ1) is 50.6. The van der Waals surface area contributed by atoms with Crippen molar-refractivity contribution in [2.24, 2.45) is 0 Å². The van der Waals surface area contributed by atoms with Crippen LogP contribution in [0, 0.1) is 0 Å². The number of benzene rings is 14. The molecular weight excluding hydrogens is 1250 g/mol. The highest BCUT2D eigenvalue weighted by Gasteiger charge is 2.25. The van der Waals surface area contributed by atoms with Crippen molar-refractivity contribution in [3.63, 3.8) is 0 Å². The lowest BCUT2D eigenvalue weighted by molar-refractivity contribution is 0.668. The molecule has 22 rings (SSSR count). The Labute approximate surface area is 582 Å². The molecule has 102 heavy (non-hydrogen) atoms. The summed E-state index contributed by atoms with van der Waals surface area (Å²) in [4.78, 5) is 21.4. The van der Waals surface area contributed by atoms with Crippen LogP contribution in [-0.4, -0.2) is 38.2 Å². The van der Waals surface area contributed by atoms with Crippen molar-refractivity contribution in [3.8, 4) is 68.3 Å². The van der Waals surface area contributed by atoms with Crippen LogP contribution in [-0.2, 0) is 0 Å². The lowest BCUT2D eigenvalue weighted by Crippen LogP contribution is -2.04. The van der Waals surface area contributed by atoms with E-state index < -0.39 is 0 Å². The number of furan rings is 2. The van der Waals surface area contributed by atoms with Crippen LogP contribution in [0.1, 0.15) is 0 Å². The topological polar surface area (TPSA) is 97.6 Å². The molecule has 0 amide bonds. The van der Waals surface area contributed by atoms with E-state index in [-0.39, 0.29) is 0 Å². The Morgan fingerprint density at radius 2 is 0.549 bits per heavy atom. The normalized spacial score (nSPS) is 11.9. The summed E-state index contributed by atoms with van der Waals surface area (Å²) >= 11 is 0. The number of rotatable bonds is 8. The summed E-state index contributed by atoms with van der Waals surface area (Å²) in [6.45, 7) is 0. The van der Waals surface area contributed by atoms with E-state index >= 15 is 0 Å². The zero-order valence-corrected chi connectivity index (χ0v) is 54.7. The number of nitrogens with zero attached hydrogens (tertiary/aromatic N) is 8. The summed E-state index contributed by atoms with van der Waals surface area (Å²) in [5, 5.41) is 13.8. The van der Waals surface area contributed by atoms with Gasteiger partial charge < -0.3 is 18.0 Å². The lowest BCUT2D eigenvalue weighted by atomic mass is 10.0. The maximum atomic E-state index is 6.31. The minimum Gasteiger partial charge on any atom is -0.456 e. The summed E-state index contributed by atoms with van der Waals surface area (Å²) in [6, 6.07) is 119. The Morgan fingerprint density at radius 1 is 0.196 bits per heavy atom. The van der Waals surface area contributed by atoms with Crippen LogP contribution in [0.2, 0.25) is 0 Å². The molecule has 0 atom stereocenters. The molecule has 22 aromatic rings. The minimum atomic E-state index is 0.615. The maximum Gasteiger partial charge on any atom is 0.235 e. The molecular formula is C92H56N8O2. The Kier molecular flexibility index (Phi) is 12.8. The molecule has 0 aliphatic rings. The van der Waals surface area contributed by atoms with Gasteiger partial charge in [-0.15, -0.1) is 0 Å². The average molecular weight is 1310 g/mol. The van der Waals surface area contributed by atoms with Crippen molar-refractivity contribution in [1.82, 2.24) is 38.2 Å². The van der Waals surface area contributed by atoms with E-state index in [1.165, 1.54) is 32.6 Å². The second kappa shape index (κ2) is 22.8. The maximum absolute atomic E-state index is 6.31. The molecule has 0 spiro atoms. The van der Waals surface area contributed by atoms with Gasteiger partial charge in [-0.1, -0.05) is 218 Å². The minimum absolute atomic E-state index is 0.615. The molecule has 14 aromatic carbocycles. The standard InChI is InChI=1S/2C46H28N4O/c1-3-14-29(15-4-1)37-27-38(33-21-13-25-44-45(33)34-20-9-12-24-43(34)51-44)48-46(47-37)50-40-23-11-8-19-32(40)36-26-35-31-18-7-10-22-39(31)49(41(35)28-42(36)50)30-16-5-2-6-17-30;1-3-13-29(14-4-1)38-27-39(30-23-24-45-37(25-30)34-19-9-12-22-44(34)51-45)48-46(47-38)50-41-21-11-8-18-33(41)36-26-35-32-17-7-10-20-40(32)49(42(35)28-43(36)50)31-15-5-2-6-16-31/h2*1-28H. The molecule has 0 aliphatic heterocycles. The molecule has 0 saturated carbocycles. The largest absolute Gasteiger partial charge is 0.456 e. The molecule has 0 saturated heterocycles. The van der Waals surface area contributed by atoms with Crippen molar-refractivity contribution in [3.05, 3.63) is 340 Å². The molecule has 0 N–H and O–H groups in total. The van der Waals surface area contributed by atoms with Gasteiger partial charge in [0.15, 0.2) is 0 Å². The predicted molar refractivity (Wildman–Crippen MR) is 418 cm³/mol. The molecule has 8 heterocycles. The van der Waals surface area contributed by atoms with Gasteiger partial charge >= 0.3 is 0 Å². The Hall–Kier alpha value is -14.0. The van der Waals surface area contributed by atoms with E-state index in [4.69, 9.17) is 28.8 Å². The first-order valence-corrected chi connectivity index (χ1v) is 34.3.